The standard InChI is InChI=1S/C21H22F3NO2.C5H12/c22-21(23,24)18-8-6-17(7-9-18)19-12-16(13-20(26)27)10-11-25(19)14-15-4-2-1-3-5-15;1-4-5(2)3/h1-9,16,19H,10-14H2,(H,26,27);5H,4H2,1-3H3. The Labute approximate surface area is 189 Å². The molecule has 176 valence electrons. The molecule has 32 heavy (non-hydrogen) atoms. The van der Waals surface area contributed by atoms with Gasteiger partial charge in [-0.15, -0.1) is 0 Å². The minimum Gasteiger partial charge on any atom is -0.481 e. The second-order valence-electron chi connectivity index (χ2n) is 8.88. The van der Waals surface area contributed by atoms with Crippen LogP contribution in [0.2, 0.25) is 0 Å². The number of benzene rings is 2. The van der Waals surface area contributed by atoms with Crippen LogP contribution < -0.4 is 0 Å². The van der Waals surface area contributed by atoms with Crippen molar-refractivity contribution in [1.29, 1.82) is 0 Å². The molecule has 0 spiro atoms. The van der Waals surface area contributed by atoms with Crippen LogP contribution in [-0.2, 0) is 17.5 Å². The zero-order valence-corrected chi connectivity index (χ0v) is 19.1. The van der Waals surface area contributed by atoms with Crippen molar-refractivity contribution < 1.29 is 23.1 Å². The van der Waals surface area contributed by atoms with E-state index in [2.05, 4.69) is 25.7 Å². The Hall–Kier alpha value is -2.34. The van der Waals surface area contributed by atoms with Gasteiger partial charge in [0.15, 0.2) is 0 Å². The summed E-state index contributed by atoms with van der Waals surface area (Å²) in [6.07, 6.45) is -1.56. The van der Waals surface area contributed by atoms with E-state index in [1.165, 1.54) is 18.6 Å². The van der Waals surface area contributed by atoms with Crippen LogP contribution >= 0.6 is 0 Å². The van der Waals surface area contributed by atoms with Gasteiger partial charge in [0.1, 0.15) is 0 Å². The van der Waals surface area contributed by atoms with Crippen molar-refractivity contribution in [3.63, 3.8) is 0 Å². The molecule has 1 saturated heterocycles. The molecule has 0 amide bonds. The number of likely N-dealkylation sites (tertiary alicyclic amines) is 1. The van der Waals surface area contributed by atoms with Crippen LogP contribution in [0.5, 0.6) is 0 Å². The highest BCUT2D eigenvalue weighted by atomic mass is 19.4. The summed E-state index contributed by atoms with van der Waals surface area (Å²) in [5, 5.41) is 9.11. The molecule has 2 aromatic rings. The van der Waals surface area contributed by atoms with Gasteiger partial charge in [0.2, 0.25) is 0 Å². The molecule has 3 rings (SSSR count). The highest BCUT2D eigenvalue weighted by Gasteiger charge is 2.33. The summed E-state index contributed by atoms with van der Waals surface area (Å²) in [5.41, 5.74) is 1.26. The fourth-order valence-corrected chi connectivity index (χ4v) is 3.77. The summed E-state index contributed by atoms with van der Waals surface area (Å²) >= 11 is 0. The van der Waals surface area contributed by atoms with E-state index in [0.29, 0.717) is 13.0 Å². The Bertz CT molecular complexity index is 819. The molecular formula is C26H34F3NO2. The predicted molar refractivity (Wildman–Crippen MR) is 121 cm³/mol. The first kappa shape index (κ1) is 25.9. The number of aliphatic carboxylic acids is 1. The van der Waals surface area contributed by atoms with Crippen molar-refractivity contribution in [3.05, 3.63) is 71.3 Å². The number of hydrogen-bond donors (Lipinski definition) is 1. The molecule has 2 unspecified atom stereocenters. The summed E-state index contributed by atoms with van der Waals surface area (Å²) in [5.74, 6) is 0.0829. The van der Waals surface area contributed by atoms with Gasteiger partial charge in [-0.2, -0.15) is 13.2 Å². The van der Waals surface area contributed by atoms with E-state index in [1.807, 2.05) is 30.3 Å². The molecule has 0 aromatic heterocycles. The maximum atomic E-state index is 12.9. The fourth-order valence-electron chi connectivity index (χ4n) is 3.77. The topological polar surface area (TPSA) is 40.5 Å². The van der Waals surface area contributed by atoms with Crippen LogP contribution in [0.15, 0.2) is 54.6 Å². The maximum absolute atomic E-state index is 12.9. The maximum Gasteiger partial charge on any atom is 0.416 e. The van der Waals surface area contributed by atoms with Gasteiger partial charge >= 0.3 is 12.1 Å². The number of halogens is 3. The zero-order valence-electron chi connectivity index (χ0n) is 19.1. The third-order valence-electron chi connectivity index (χ3n) is 5.95. The molecule has 0 bridgehead atoms. The first-order valence-corrected chi connectivity index (χ1v) is 11.3. The quantitative estimate of drug-likeness (QED) is 0.507. The van der Waals surface area contributed by atoms with Crippen molar-refractivity contribution in [3.8, 4) is 0 Å². The molecule has 6 heteroatoms. The fraction of sp³-hybridized carbons (Fsp3) is 0.500. The third kappa shape index (κ3) is 8.30. The summed E-state index contributed by atoms with van der Waals surface area (Å²) < 4.78 is 38.6. The lowest BCUT2D eigenvalue weighted by Gasteiger charge is -2.39. The van der Waals surface area contributed by atoms with Crippen LogP contribution in [0.1, 0.15) is 69.2 Å². The first-order valence-electron chi connectivity index (χ1n) is 11.3. The van der Waals surface area contributed by atoms with Gasteiger partial charge in [0.25, 0.3) is 0 Å². The number of rotatable bonds is 6. The molecule has 1 heterocycles. The first-order chi connectivity index (χ1) is 15.1. The van der Waals surface area contributed by atoms with Gasteiger partial charge in [0, 0.05) is 19.0 Å². The smallest absolute Gasteiger partial charge is 0.416 e. The highest BCUT2D eigenvalue weighted by Crippen LogP contribution is 2.38. The number of carbonyl (C=O) groups is 1. The number of hydrogen-bond acceptors (Lipinski definition) is 2. The Morgan fingerprint density at radius 1 is 1.09 bits per heavy atom. The van der Waals surface area contributed by atoms with Crippen molar-refractivity contribution in [1.82, 2.24) is 4.90 Å². The molecule has 0 radical (unpaired) electrons. The van der Waals surface area contributed by atoms with Crippen LogP contribution in [0.4, 0.5) is 13.2 Å². The molecule has 3 nitrogen and oxygen atoms in total. The third-order valence-corrected chi connectivity index (χ3v) is 5.95. The molecular weight excluding hydrogens is 415 g/mol. The molecule has 1 fully saturated rings. The average molecular weight is 450 g/mol. The SMILES string of the molecule is CCC(C)C.O=C(O)CC1CCN(Cc2ccccc2)C(c2ccc(C(F)(F)F)cc2)C1. The Kier molecular flexibility index (Phi) is 9.76. The Morgan fingerprint density at radius 2 is 1.69 bits per heavy atom. The highest BCUT2D eigenvalue weighted by molar-refractivity contribution is 5.67. The van der Waals surface area contributed by atoms with Gasteiger partial charge in [-0.25, -0.2) is 0 Å². The average Bonchev–Trinajstić information content (AvgIpc) is 2.75. The van der Waals surface area contributed by atoms with Crippen LogP contribution in [0.25, 0.3) is 0 Å². The minimum absolute atomic E-state index is 0.0295. The zero-order chi connectivity index (χ0) is 23.7. The lowest BCUT2D eigenvalue weighted by molar-refractivity contribution is -0.139. The summed E-state index contributed by atoms with van der Waals surface area (Å²) in [6.45, 7) is 8.05. The lowest BCUT2D eigenvalue weighted by atomic mass is 9.84. The number of piperidine rings is 1. The molecule has 0 aliphatic carbocycles. The number of carboxylic acids is 1. The number of alkyl halides is 3. The molecule has 1 aliphatic rings. The van der Waals surface area contributed by atoms with E-state index in [1.54, 1.807) is 0 Å². The van der Waals surface area contributed by atoms with Crippen molar-refractivity contribution in [2.45, 2.75) is 65.2 Å². The van der Waals surface area contributed by atoms with E-state index in [0.717, 1.165) is 42.1 Å². The van der Waals surface area contributed by atoms with Crippen LogP contribution in [0, 0.1) is 11.8 Å². The van der Waals surface area contributed by atoms with E-state index >= 15 is 0 Å². The predicted octanol–water partition coefficient (Wildman–Crippen LogP) is 7.19. The molecule has 1 N–H and O–H groups in total. The molecule has 1 aliphatic heterocycles. The summed E-state index contributed by atoms with van der Waals surface area (Å²) in [6, 6.07) is 15.1. The van der Waals surface area contributed by atoms with Crippen LogP contribution in [0.3, 0.4) is 0 Å². The second-order valence-corrected chi connectivity index (χ2v) is 8.88. The van der Waals surface area contributed by atoms with Crippen molar-refractivity contribution in [2.24, 2.45) is 11.8 Å². The molecule has 2 atom stereocenters. The normalized spacial score (nSPS) is 19.3. The van der Waals surface area contributed by atoms with Crippen molar-refractivity contribution >= 4 is 5.97 Å². The van der Waals surface area contributed by atoms with E-state index in [4.69, 9.17) is 5.11 Å². The van der Waals surface area contributed by atoms with E-state index in [9.17, 15) is 18.0 Å². The Morgan fingerprint density at radius 3 is 2.19 bits per heavy atom. The van der Waals surface area contributed by atoms with Gasteiger partial charge in [0.05, 0.1) is 5.56 Å². The minimum atomic E-state index is -4.36. The Balaban J connectivity index is 0.000000654. The lowest BCUT2D eigenvalue weighted by Crippen LogP contribution is -2.37. The number of nitrogens with zero attached hydrogens (tertiary/aromatic N) is 1. The summed E-state index contributed by atoms with van der Waals surface area (Å²) in [4.78, 5) is 13.3. The largest absolute Gasteiger partial charge is 0.481 e. The number of carboxylic acid groups (broad SMARTS) is 1. The van der Waals surface area contributed by atoms with Gasteiger partial charge in [-0.1, -0.05) is 69.7 Å². The van der Waals surface area contributed by atoms with E-state index in [-0.39, 0.29) is 18.4 Å². The molecule has 2 aromatic carbocycles. The monoisotopic (exact) mass is 449 g/mol. The van der Waals surface area contributed by atoms with Gasteiger partial charge in [-0.05, 0) is 54.5 Å². The molecule has 0 saturated carbocycles. The van der Waals surface area contributed by atoms with Gasteiger partial charge < -0.3 is 5.11 Å². The van der Waals surface area contributed by atoms with Crippen LogP contribution in [-0.4, -0.2) is 22.5 Å². The summed E-state index contributed by atoms with van der Waals surface area (Å²) in [7, 11) is 0. The van der Waals surface area contributed by atoms with Gasteiger partial charge in [-0.3, -0.25) is 9.69 Å². The van der Waals surface area contributed by atoms with E-state index < -0.39 is 17.7 Å². The van der Waals surface area contributed by atoms with Crippen molar-refractivity contribution in [2.75, 3.05) is 6.54 Å². The second kappa shape index (κ2) is 12.0.